The average molecular weight is 219 g/mol. The number of hydrogen-bond acceptors (Lipinski definition) is 4. The van der Waals surface area contributed by atoms with Crippen molar-refractivity contribution in [2.24, 2.45) is 0 Å². The second-order valence-electron chi connectivity index (χ2n) is 4.88. The number of fused-ring (bicyclic) bond motifs is 2. The van der Waals surface area contributed by atoms with Gasteiger partial charge in [-0.2, -0.15) is 0 Å². The maximum absolute atomic E-state index is 9.76. The molecular formula is C12H17N3O. The SMILES string of the molecule is Cc1nccnc1N1C2CCC1CC(O)C2. The Balaban J connectivity index is 1.94. The van der Waals surface area contributed by atoms with Crippen LogP contribution in [0.3, 0.4) is 0 Å². The molecule has 0 aromatic carbocycles. The normalized spacial score (nSPS) is 33.1. The van der Waals surface area contributed by atoms with E-state index < -0.39 is 0 Å². The van der Waals surface area contributed by atoms with E-state index in [1.165, 1.54) is 12.8 Å². The highest BCUT2D eigenvalue weighted by atomic mass is 16.3. The van der Waals surface area contributed by atoms with Gasteiger partial charge < -0.3 is 10.0 Å². The summed E-state index contributed by atoms with van der Waals surface area (Å²) in [4.78, 5) is 11.1. The van der Waals surface area contributed by atoms with Gasteiger partial charge >= 0.3 is 0 Å². The first-order chi connectivity index (χ1) is 7.75. The van der Waals surface area contributed by atoms with Crippen molar-refractivity contribution in [1.29, 1.82) is 0 Å². The largest absolute Gasteiger partial charge is 0.393 e. The van der Waals surface area contributed by atoms with E-state index in [1.807, 2.05) is 6.92 Å². The number of aromatic nitrogens is 2. The fourth-order valence-corrected chi connectivity index (χ4v) is 3.15. The van der Waals surface area contributed by atoms with Crippen LogP contribution in [0.15, 0.2) is 12.4 Å². The van der Waals surface area contributed by atoms with Gasteiger partial charge in [0.1, 0.15) is 0 Å². The van der Waals surface area contributed by atoms with Crippen molar-refractivity contribution < 1.29 is 5.11 Å². The van der Waals surface area contributed by atoms with Gasteiger partial charge in [0.2, 0.25) is 0 Å². The van der Waals surface area contributed by atoms with Crippen molar-refractivity contribution in [1.82, 2.24) is 9.97 Å². The molecule has 2 aliphatic heterocycles. The zero-order valence-electron chi connectivity index (χ0n) is 9.50. The maximum Gasteiger partial charge on any atom is 0.150 e. The third-order valence-electron chi connectivity index (χ3n) is 3.81. The van der Waals surface area contributed by atoms with E-state index in [1.54, 1.807) is 12.4 Å². The first-order valence-corrected chi connectivity index (χ1v) is 5.99. The number of aryl methyl sites for hydroxylation is 1. The number of aliphatic hydroxyl groups excluding tert-OH is 1. The summed E-state index contributed by atoms with van der Waals surface area (Å²) in [7, 11) is 0. The summed E-state index contributed by atoms with van der Waals surface area (Å²) in [6.07, 6.45) is 7.49. The number of piperidine rings is 1. The number of nitrogens with zero attached hydrogens (tertiary/aromatic N) is 3. The smallest absolute Gasteiger partial charge is 0.150 e. The molecule has 86 valence electrons. The highest BCUT2D eigenvalue weighted by Gasteiger charge is 2.41. The minimum absolute atomic E-state index is 0.120. The van der Waals surface area contributed by atoms with Crippen molar-refractivity contribution in [2.75, 3.05) is 4.90 Å². The number of anilines is 1. The minimum Gasteiger partial charge on any atom is -0.393 e. The average Bonchev–Trinajstić information content (AvgIpc) is 2.53. The Labute approximate surface area is 95.3 Å². The molecular weight excluding hydrogens is 202 g/mol. The molecule has 2 fully saturated rings. The third-order valence-corrected chi connectivity index (χ3v) is 3.81. The van der Waals surface area contributed by atoms with E-state index in [4.69, 9.17) is 0 Å². The molecule has 2 aliphatic rings. The monoisotopic (exact) mass is 219 g/mol. The molecule has 0 radical (unpaired) electrons. The number of aliphatic hydroxyl groups is 1. The summed E-state index contributed by atoms with van der Waals surface area (Å²) in [5.74, 6) is 1.02. The second kappa shape index (κ2) is 3.70. The van der Waals surface area contributed by atoms with E-state index >= 15 is 0 Å². The van der Waals surface area contributed by atoms with Gasteiger partial charge in [-0.25, -0.2) is 4.98 Å². The molecule has 2 bridgehead atoms. The Morgan fingerprint density at radius 1 is 1.19 bits per heavy atom. The van der Waals surface area contributed by atoms with Crippen LogP contribution in [-0.2, 0) is 0 Å². The summed E-state index contributed by atoms with van der Waals surface area (Å²) < 4.78 is 0. The van der Waals surface area contributed by atoms with Gasteiger partial charge in [-0.3, -0.25) is 4.98 Å². The molecule has 1 N–H and O–H groups in total. The zero-order chi connectivity index (χ0) is 11.1. The van der Waals surface area contributed by atoms with Gasteiger partial charge in [-0.05, 0) is 32.6 Å². The highest BCUT2D eigenvalue weighted by molar-refractivity contribution is 5.47. The van der Waals surface area contributed by atoms with Gasteiger partial charge in [-0.1, -0.05) is 0 Å². The lowest BCUT2D eigenvalue weighted by molar-refractivity contribution is 0.126. The van der Waals surface area contributed by atoms with E-state index in [0.29, 0.717) is 12.1 Å². The van der Waals surface area contributed by atoms with Crippen LogP contribution in [0, 0.1) is 6.92 Å². The second-order valence-corrected chi connectivity index (χ2v) is 4.88. The lowest BCUT2D eigenvalue weighted by atomic mass is 10.00. The van der Waals surface area contributed by atoms with E-state index in [0.717, 1.165) is 24.4 Å². The molecule has 0 amide bonds. The van der Waals surface area contributed by atoms with Gasteiger partial charge in [0.15, 0.2) is 5.82 Å². The van der Waals surface area contributed by atoms with Crippen LogP contribution in [-0.4, -0.2) is 33.3 Å². The summed E-state index contributed by atoms with van der Waals surface area (Å²) in [5.41, 5.74) is 0.996. The van der Waals surface area contributed by atoms with Crippen molar-refractivity contribution >= 4 is 5.82 Å². The van der Waals surface area contributed by atoms with Crippen LogP contribution in [0.1, 0.15) is 31.4 Å². The Kier molecular flexibility index (Phi) is 2.32. The molecule has 3 rings (SSSR count). The first-order valence-electron chi connectivity index (χ1n) is 5.99. The molecule has 4 heteroatoms. The van der Waals surface area contributed by atoms with E-state index in [2.05, 4.69) is 14.9 Å². The topological polar surface area (TPSA) is 49.2 Å². The lowest BCUT2D eigenvalue weighted by Crippen LogP contribution is -2.45. The van der Waals surface area contributed by atoms with Crippen LogP contribution < -0.4 is 4.90 Å². The van der Waals surface area contributed by atoms with Gasteiger partial charge in [0, 0.05) is 24.5 Å². The highest BCUT2D eigenvalue weighted by Crippen LogP contribution is 2.38. The molecule has 0 spiro atoms. The fraction of sp³-hybridized carbons (Fsp3) is 0.667. The van der Waals surface area contributed by atoms with Gasteiger partial charge in [0.25, 0.3) is 0 Å². The molecule has 2 unspecified atom stereocenters. The molecule has 1 aromatic heterocycles. The van der Waals surface area contributed by atoms with Crippen LogP contribution in [0.25, 0.3) is 0 Å². The van der Waals surface area contributed by atoms with Crippen LogP contribution in [0.5, 0.6) is 0 Å². The molecule has 2 saturated heterocycles. The van der Waals surface area contributed by atoms with Crippen LogP contribution in [0.4, 0.5) is 5.82 Å². The van der Waals surface area contributed by atoms with Crippen molar-refractivity contribution in [3.63, 3.8) is 0 Å². The zero-order valence-corrected chi connectivity index (χ0v) is 9.50. The summed E-state index contributed by atoms with van der Waals surface area (Å²) >= 11 is 0. The standard InChI is InChI=1S/C12H17N3O/c1-8-12(14-5-4-13-8)15-9-2-3-10(15)7-11(16)6-9/h4-5,9-11,16H,2-3,6-7H2,1H3. The summed E-state index contributed by atoms with van der Waals surface area (Å²) in [6.45, 7) is 2.01. The molecule has 4 nitrogen and oxygen atoms in total. The molecule has 16 heavy (non-hydrogen) atoms. The fourth-order valence-electron chi connectivity index (χ4n) is 3.15. The third kappa shape index (κ3) is 1.48. The maximum atomic E-state index is 9.76. The Hall–Kier alpha value is -1.16. The molecule has 0 saturated carbocycles. The van der Waals surface area contributed by atoms with Crippen molar-refractivity contribution in [2.45, 2.75) is 50.8 Å². The Bertz CT molecular complexity index is 382. The molecule has 0 aliphatic carbocycles. The minimum atomic E-state index is -0.120. The van der Waals surface area contributed by atoms with Crippen molar-refractivity contribution in [3.05, 3.63) is 18.1 Å². The van der Waals surface area contributed by atoms with E-state index in [-0.39, 0.29) is 6.10 Å². The summed E-state index contributed by atoms with van der Waals surface area (Å²) in [6, 6.07) is 0.924. The lowest BCUT2D eigenvalue weighted by Gasteiger charge is -2.38. The van der Waals surface area contributed by atoms with Crippen molar-refractivity contribution in [3.8, 4) is 0 Å². The number of rotatable bonds is 1. The van der Waals surface area contributed by atoms with Crippen LogP contribution >= 0.6 is 0 Å². The predicted molar refractivity (Wildman–Crippen MR) is 61.3 cm³/mol. The van der Waals surface area contributed by atoms with Crippen LogP contribution in [0.2, 0.25) is 0 Å². The van der Waals surface area contributed by atoms with E-state index in [9.17, 15) is 5.11 Å². The molecule has 1 aromatic rings. The first kappa shape index (κ1) is 10.0. The molecule has 3 heterocycles. The quantitative estimate of drug-likeness (QED) is 0.773. The Morgan fingerprint density at radius 2 is 1.81 bits per heavy atom. The Morgan fingerprint density at radius 3 is 2.44 bits per heavy atom. The predicted octanol–water partition coefficient (Wildman–Crippen LogP) is 1.28. The number of hydrogen-bond donors (Lipinski definition) is 1. The summed E-state index contributed by atoms with van der Waals surface area (Å²) in [5, 5.41) is 9.76. The van der Waals surface area contributed by atoms with Gasteiger partial charge in [0.05, 0.1) is 11.8 Å². The molecule has 2 atom stereocenters. The van der Waals surface area contributed by atoms with Gasteiger partial charge in [-0.15, -0.1) is 0 Å².